The zero-order valence-corrected chi connectivity index (χ0v) is 18.2. The summed E-state index contributed by atoms with van der Waals surface area (Å²) in [5, 5.41) is 11.0. The van der Waals surface area contributed by atoms with E-state index in [2.05, 4.69) is 4.90 Å². The van der Waals surface area contributed by atoms with Gasteiger partial charge in [0.2, 0.25) is 0 Å². The minimum absolute atomic E-state index is 0.270. The molecule has 0 spiro atoms. The van der Waals surface area contributed by atoms with Gasteiger partial charge in [-0.25, -0.2) is 0 Å². The molecule has 170 valence electrons. The van der Waals surface area contributed by atoms with Crippen molar-refractivity contribution in [3.05, 3.63) is 65.7 Å². The number of ether oxygens (including phenoxy) is 2. The van der Waals surface area contributed by atoms with Crippen molar-refractivity contribution >= 4 is 0 Å². The highest BCUT2D eigenvalue weighted by molar-refractivity contribution is 5.30. The first kappa shape index (κ1) is 23.6. The maximum Gasteiger partial charge on any atom is 0.416 e. The van der Waals surface area contributed by atoms with Gasteiger partial charge in [-0.15, -0.1) is 0 Å². The molecule has 1 aliphatic heterocycles. The van der Waals surface area contributed by atoms with Gasteiger partial charge in [0.15, 0.2) is 11.9 Å². The summed E-state index contributed by atoms with van der Waals surface area (Å²) in [5.41, 5.74) is -1.31. The highest BCUT2D eigenvalue weighted by atomic mass is 19.4. The van der Waals surface area contributed by atoms with Crippen LogP contribution in [0.2, 0.25) is 0 Å². The van der Waals surface area contributed by atoms with Gasteiger partial charge < -0.3 is 14.6 Å². The van der Waals surface area contributed by atoms with Crippen LogP contribution in [0.3, 0.4) is 0 Å². The van der Waals surface area contributed by atoms with Crippen LogP contribution >= 0.6 is 0 Å². The van der Waals surface area contributed by atoms with Crippen molar-refractivity contribution < 1.29 is 27.8 Å². The van der Waals surface area contributed by atoms with Crippen LogP contribution in [-0.4, -0.2) is 40.6 Å². The summed E-state index contributed by atoms with van der Waals surface area (Å²) in [6, 6.07) is 14.6. The van der Waals surface area contributed by atoms with Crippen molar-refractivity contribution in [2.24, 2.45) is 0 Å². The van der Waals surface area contributed by atoms with E-state index in [0.717, 1.165) is 30.7 Å². The SMILES string of the molecule is CC(C)(C)OC(O)C1(Oc2ccc(C(F)(F)F)cc2)CCCN(Cc2ccccc2)C1. The number of benzene rings is 2. The first-order valence-corrected chi connectivity index (χ1v) is 10.5. The fourth-order valence-corrected chi connectivity index (χ4v) is 3.84. The Morgan fingerprint density at radius 1 is 1.03 bits per heavy atom. The molecular weight excluding hydrogens is 407 g/mol. The van der Waals surface area contributed by atoms with Crippen molar-refractivity contribution in [3.8, 4) is 5.75 Å². The topological polar surface area (TPSA) is 41.9 Å². The standard InChI is InChI=1S/C24H30F3NO3/c1-22(2,3)31-21(29)23(30-20-12-10-19(11-13-20)24(25,26)27)14-7-15-28(17-23)16-18-8-5-4-6-9-18/h4-6,8-13,21,29H,7,14-17H2,1-3H3. The Bertz CT molecular complexity index is 834. The molecule has 2 aromatic carbocycles. The molecule has 31 heavy (non-hydrogen) atoms. The average Bonchev–Trinajstić information content (AvgIpc) is 2.67. The Balaban J connectivity index is 1.84. The maximum absolute atomic E-state index is 12.9. The van der Waals surface area contributed by atoms with E-state index in [1.807, 2.05) is 51.1 Å². The summed E-state index contributed by atoms with van der Waals surface area (Å²) in [7, 11) is 0. The molecule has 1 aliphatic rings. The minimum Gasteiger partial charge on any atom is -0.481 e. The van der Waals surface area contributed by atoms with Crippen molar-refractivity contribution in [3.63, 3.8) is 0 Å². The predicted octanol–water partition coefficient (Wildman–Crippen LogP) is 5.25. The van der Waals surface area contributed by atoms with Crippen LogP contribution in [0.25, 0.3) is 0 Å². The van der Waals surface area contributed by atoms with Gasteiger partial charge in [-0.3, -0.25) is 4.90 Å². The van der Waals surface area contributed by atoms with E-state index < -0.39 is 29.2 Å². The van der Waals surface area contributed by atoms with Crippen LogP contribution in [0.15, 0.2) is 54.6 Å². The highest BCUT2D eigenvalue weighted by Crippen LogP contribution is 2.35. The molecular formula is C24H30F3NO3. The quantitative estimate of drug-likeness (QED) is 0.627. The molecule has 4 nitrogen and oxygen atoms in total. The molecule has 2 atom stereocenters. The summed E-state index contributed by atoms with van der Waals surface area (Å²) in [6.07, 6.45) is -4.37. The smallest absolute Gasteiger partial charge is 0.416 e. The van der Waals surface area contributed by atoms with E-state index in [4.69, 9.17) is 9.47 Å². The van der Waals surface area contributed by atoms with Gasteiger partial charge in [0.25, 0.3) is 0 Å². The summed E-state index contributed by atoms with van der Waals surface area (Å²) in [4.78, 5) is 2.18. The molecule has 0 saturated carbocycles. The largest absolute Gasteiger partial charge is 0.481 e. The van der Waals surface area contributed by atoms with Crippen LogP contribution in [0.5, 0.6) is 5.75 Å². The molecule has 1 heterocycles. The molecule has 3 rings (SSSR count). The van der Waals surface area contributed by atoms with Gasteiger partial charge in [-0.05, 0) is 70.0 Å². The van der Waals surface area contributed by atoms with Crippen LogP contribution < -0.4 is 4.74 Å². The highest BCUT2D eigenvalue weighted by Gasteiger charge is 2.46. The van der Waals surface area contributed by atoms with Gasteiger partial charge >= 0.3 is 6.18 Å². The summed E-state index contributed by atoms with van der Waals surface area (Å²) in [5.74, 6) is 0.270. The first-order valence-electron chi connectivity index (χ1n) is 10.5. The van der Waals surface area contributed by atoms with E-state index in [1.165, 1.54) is 12.1 Å². The van der Waals surface area contributed by atoms with E-state index in [1.54, 1.807) is 0 Å². The van der Waals surface area contributed by atoms with Crippen molar-refractivity contribution in [2.45, 2.75) is 63.8 Å². The van der Waals surface area contributed by atoms with Gasteiger partial charge in [0.1, 0.15) is 5.75 Å². The number of aliphatic hydroxyl groups excluding tert-OH is 1. The van der Waals surface area contributed by atoms with E-state index in [0.29, 0.717) is 19.5 Å². The van der Waals surface area contributed by atoms with Gasteiger partial charge in [0.05, 0.1) is 11.2 Å². The van der Waals surface area contributed by atoms with Gasteiger partial charge in [-0.2, -0.15) is 13.2 Å². The fourth-order valence-electron chi connectivity index (χ4n) is 3.84. The number of hydrogen-bond donors (Lipinski definition) is 1. The Morgan fingerprint density at radius 2 is 1.68 bits per heavy atom. The Kier molecular flexibility index (Phi) is 6.98. The lowest BCUT2D eigenvalue weighted by atomic mass is 9.90. The molecule has 2 unspecified atom stereocenters. The lowest BCUT2D eigenvalue weighted by molar-refractivity contribution is -0.253. The maximum atomic E-state index is 12.9. The van der Waals surface area contributed by atoms with Crippen LogP contribution in [-0.2, 0) is 17.5 Å². The molecule has 1 N–H and O–H groups in total. The van der Waals surface area contributed by atoms with Gasteiger partial charge in [-0.1, -0.05) is 30.3 Å². The van der Waals surface area contributed by atoms with Crippen LogP contribution in [0, 0.1) is 0 Å². The monoisotopic (exact) mass is 437 g/mol. The van der Waals surface area contributed by atoms with Crippen LogP contribution in [0.1, 0.15) is 44.7 Å². The lowest BCUT2D eigenvalue weighted by Gasteiger charge is -2.46. The number of alkyl halides is 3. The Hall–Kier alpha value is -2.09. The van der Waals surface area contributed by atoms with Crippen molar-refractivity contribution in [1.82, 2.24) is 4.90 Å². The minimum atomic E-state index is -4.41. The number of likely N-dealkylation sites (tertiary alicyclic amines) is 1. The zero-order chi connectivity index (χ0) is 22.7. The molecule has 0 amide bonds. The number of aliphatic hydroxyl groups is 1. The zero-order valence-electron chi connectivity index (χ0n) is 18.2. The fraction of sp³-hybridized carbons (Fsp3) is 0.500. The first-order chi connectivity index (χ1) is 14.5. The molecule has 7 heteroatoms. The summed E-state index contributed by atoms with van der Waals surface area (Å²) >= 11 is 0. The number of nitrogens with zero attached hydrogens (tertiary/aromatic N) is 1. The third kappa shape index (κ3) is 6.45. The number of piperidine rings is 1. The van der Waals surface area contributed by atoms with E-state index >= 15 is 0 Å². The second-order valence-electron chi connectivity index (χ2n) is 9.07. The average molecular weight is 438 g/mol. The Morgan fingerprint density at radius 3 is 2.26 bits per heavy atom. The van der Waals surface area contributed by atoms with Crippen molar-refractivity contribution in [2.75, 3.05) is 13.1 Å². The van der Waals surface area contributed by atoms with E-state index in [9.17, 15) is 18.3 Å². The molecule has 0 aliphatic carbocycles. The second-order valence-corrected chi connectivity index (χ2v) is 9.07. The number of halogens is 3. The summed E-state index contributed by atoms with van der Waals surface area (Å²) in [6.45, 7) is 7.42. The van der Waals surface area contributed by atoms with Crippen LogP contribution in [0.4, 0.5) is 13.2 Å². The number of hydrogen-bond acceptors (Lipinski definition) is 4. The Labute approximate surface area is 181 Å². The summed E-state index contributed by atoms with van der Waals surface area (Å²) < 4.78 is 50.8. The van der Waals surface area contributed by atoms with Gasteiger partial charge in [0, 0.05) is 13.1 Å². The van der Waals surface area contributed by atoms with Crippen molar-refractivity contribution in [1.29, 1.82) is 0 Å². The molecule has 0 radical (unpaired) electrons. The molecule has 0 aromatic heterocycles. The van der Waals surface area contributed by atoms with E-state index in [-0.39, 0.29) is 5.75 Å². The normalized spacial score (nSPS) is 21.6. The predicted molar refractivity (Wildman–Crippen MR) is 113 cm³/mol. The number of rotatable bonds is 6. The third-order valence-corrected chi connectivity index (χ3v) is 5.23. The third-order valence-electron chi connectivity index (χ3n) is 5.23. The molecule has 1 fully saturated rings. The lowest BCUT2D eigenvalue weighted by Crippen LogP contribution is -2.60. The molecule has 0 bridgehead atoms. The molecule has 1 saturated heterocycles. The molecule has 2 aromatic rings. The second kappa shape index (κ2) is 9.18.